The summed E-state index contributed by atoms with van der Waals surface area (Å²) in [5.74, 6) is 0.580. The van der Waals surface area contributed by atoms with Crippen molar-refractivity contribution in [3.8, 4) is 5.88 Å². The van der Waals surface area contributed by atoms with E-state index in [2.05, 4.69) is 16.9 Å². The van der Waals surface area contributed by atoms with E-state index < -0.39 is 0 Å². The first kappa shape index (κ1) is 11.9. The Morgan fingerprint density at radius 2 is 2.00 bits per heavy atom. The molecule has 0 amide bonds. The van der Waals surface area contributed by atoms with Crippen molar-refractivity contribution in [2.45, 2.75) is 39.2 Å². The maximum atomic E-state index is 5.52. The van der Waals surface area contributed by atoms with Crippen LogP contribution in [0, 0.1) is 0 Å². The van der Waals surface area contributed by atoms with Crippen LogP contribution in [0.25, 0.3) is 0 Å². The molecule has 84 valence electrons. The highest BCUT2D eigenvalue weighted by atomic mass is 16.5. The molecule has 0 unspecified atom stereocenters. The zero-order valence-corrected chi connectivity index (χ0v) is 9.28. The van der Waals surface area contributed by atoms with E-state index >= 15 is 0 Å². The average molecular weight is 209 g/mol. The molecule has 2 N–H and O–H groups in total. The molecule has 4 heteroatoms. The predicted molar refractivity (Wildman–Crippen MR) is 59.6 cm³/mol. The molecule has 0 aliphatic heterocycles. The van der Waals surface area contributed by atoms with E-state index in [1.165, 1.54) is 19.3 Å². The molecule has 0 radical (unpaired) electrons. The Morgan fingerprint density at radius 3 is 2.73 bits per heavy atom. The van der Waals surface area contributed by atoms with E-state index in [1.54, 1.807) is 12.4 Å². The zero-order chi connectivity index (χ0) is 10.9. The summed E-state index contributed by atoms with van der Waals surface area (Å²) in [5, 5.41) is 0. The third-order valence-electron chi connectivity index (χ3n) is 2.17. The molecule has 0 spiro atoms. The number of rotatable bonds is 7. The van der Waals surface area contributed by atoms with Crippen molar-refractivity contribution in [1.82, 2.24) is 9.97 Å². The van der Waals surface area contributed by atoms with Crippen LogP contribution in [0.5, 0.6) is 5.88 Å². The van der Waals surface area contributed by atoms with Crippen LogP contribution in [0.3, 0.4) is 0 Å². The standard InChI is InChI=1S/C11H19N3O/c1-2-3-4-5-8-15-11-10(9-12)13-6-7-14-11/h6-7H,2-5,8-9,12H2,1H3. The lowest BCUT2D eigenvalue weighted by Gasteiger charge is -2.07. The van der Waals surface area contributed by atoms with Gasteiger partial charge in [0, 0.05) is 18.9 Å². The molecule has 1 aromatic rings. The quantitative estimate of drug-likeness (QED) is 0.697. The van der Waals surface area contributed by atoms with Gasteiger partial charge in [-0.2, -0.15) is 0 Å². The van der Waals surface area contributed by atoms with E-state index in [9.17, 15) is 0 Å². The minimum absolute atomic E-state index is 0.373. The van der Waals surface area contributed by atoms with Gasteiger partial charge in [-0.05, 0) is 6.42 Å². The first-order valence-corrected chi connectivity index (χ1v) is 5.51. The molecular formula is C11H19N3O. The van der Waals surface area contributed by atoms with E-state index in [-0.39, 0.29) is 0 Å². The molecule has 4 nitrogen and oxygen atoms in total. The van der Waals surface area contributed by atoms with Crippen LogP contribution in [0.15, 0.2) is 12.4 Å². The summed E-state index contributed by atoms with van der Waals surface area (Å²) in [4.78, 5) is 8.20. The van der Waals surface area contributed by atoms with E-state index in [0.717, 1.165) is 12.1 Å². The Labute approximate surface area is 90.9 Å². The molecule has 1 heterocycles. The van der Waals surface area contributed by atoms with Crippen LogP contribution in [0.2, 0.25) is 0 Å². The lowest BCUT2D eigenvalue weighted by Crippen LogP contribution is -2.07. The molecule has 15 heavy (non-hydrogen) atoms. The van der Waals surface area contributed by atoms with Gasteiger partial charge in [0.05, 0.1) is 6.61 Å². The average Bonchev–Trinajstić information content (AvgIpc) is 2.29. The van der Waals surface area contributed by atoms with E-state index in [4.69, 9.17) is 10.5 Å². The van der Waals surface area contributed by atoms with Crippen LogP contribution in [0.4, 0.5) is 0 Å². The molecule has 1 aromatic heterocycles. The lowest BCUT2D eigenvalue weighted by molar-refractivity contribution is 0.289. The maximum absolute atomic E-state index is 5.52. The lowest BCUT2D eigenvalue weighted by atomic mass is 10.2. The maximum Gasteiger partial charge on any atom is 0.236 e. The van der Waals surface area contributed by atoms with Crippen molar-refractivity contribution in [3.05, 3.63) is 18.1 Å². The molecule has 0 aliphatic carbocycles. The molecule has 0 bridgehead atoms. The van der Waals surface area contributed by atoms with Gasteiger partial charge in [0.1, 0.15) is 5.69 Å². The minimum Gasteiger partial charge on any atom is -0.476 e. The second kappa shape index (κ2) is 7.17. The van der Waals surface area contributed by atoms with Crippen LogP contribution >= 0.6 is 0 Å². The summed E-state index contributed by atoms with van der Waals surface area (Å²) in [7, 11) is 0. The van der Waals surface area contributed by atoms with Gasteiger partial charge >= 0.3 is 0 Å². The Morgan fingerprint density at radius 1 is 1.20 bits per heavy atom. The topological polar surface area (TPSA) is 61.0 Å². The highest BCUT2D eigenvalue weighted by Crippen LogP contribution is 2.11. The minimum atomic E-state index is 0.373. The molecule has 0 atom stereocenters. The molecule has 0 fully saturated rings. The summed E-state index contributed by atoms with van der Waals surface area (Å²) in [5.41, 5.74) is 6.25. The van der Waals surface area contributed by atoms with Crippen LogP contribution < -0.4 is 10.5 Å². The monoisotopic (exact) mass is 209 g/mol. The van der Waals surface area contributed by atoms with E-state index in [1.807, 2.05) is 0 Å². The third-order valence-corrected chi connectivity index (χ3v) is 2.17. The molecule has 0 aliphatic rings. The van der Waals surface area contributed by atoms with Crippen molar-refractivity contribution in [2.24, 2.45) is 5.73 Å². The molecule has 0 saturated heterocycles. The van der Waals surface area contributed by atoms with Crippen LogP contribution in [0.1, 0.15) is 38.3 Å². The van der Waals surface area contributed by atoms with Gasteiger partial charge in [-0.3, -0.25) is 4.98 Å². The third kappa shape index (κ3) is 4.25. The van der Waals surface area contributed by atoms with Gasteiger partial charge in [-0.15, -0.1) is 0 Å². The Bertz CT molecular complexity index is 278. The number of nitrogens with zero attached hydrogens (tertiary/aromatic N) is 2. The molecule has 0 saturated carbocycles. The number of ether oxygens (including phenoxy) is 1. The number of unbranched alkanes of at least 4 members (excludes halogenated alkanes) is 3. The molecule has 0 aromatic carbocycles. The van der Waals surface area contributed by atoms with Gasteiger partial charge in [0.2, 0.25) is 5.88 Å². The van der Waals surface area contributed by atoms with Crippen LogP contribution in [-0.4, -0.2) is 16.6 Å². The van der Waals surface area contributed by atoms with Gasteiger partial charge in [0.15, 0.2) is 0 Å². The Balaban J connectivity index is 2.30. The Kier molecular flexibility index (Phi) is 5.70. The van der Waals surface area contributed by atoms with Crippen molar-refractivity contribution >= 4 is 0 Å². The SMILES string of the molecule is CCCCCCOc1nccnc1CN. The predicted octanol–water partition coefficient (Wildman–Crippen LogP) is 1.89. The normalized spacial score (nSPS) is 10.3. The Hall–Kier alpha value is -1.16. The highest BCUT2D eigenvalue weighted by molar-refractivity contribution is 5.16. The summed E-state index contributed by atoms with van der Waals surface area (Å²) in [6, 6.07) is 0. The molecular weight excluding hydrogens is 190 g/mol. The second-order valence-corrected chi connectivity index (χ2v) is 3.42. The number of hydrogen-bond donors (Lipinski definition) is 1. The number of nitrogens with two attached hydrogens (primary N) is 1. The van der Waals surface area contributed by atoms with Gasteiger partial charge in [-0.1, -0.05) is 26.2 Å². The number of aromatic nitrogens is 2. The number of hydrogen-bond acceptors (Lipinski definition) is 4. The van der Waals surface area contributed by atoms with Crippen LogP contribution in [-0.2, 0) is 6.54 Å². The zero-order valence-electron chi connectivity index (χ0n) is 9.28. The second-order valence-electron chi connectivity index (χ2n) is 3.42. The first-order valence-electron chi connectivity index (χ1n) is 5.51. The largest absolute Gasteiger partial charge is 0.476 e. The molecule has 1 rings (SSSR count). The fourth-order valence-corrected chi connectivity index (χ4v) is 1.31. The smallest absolute Gasteiger partial charge is 0.236 e. The van der Waals surface area contributed by atoms with Gasteiger partial charge in [0.25, 0.3) is 0 Å². The summed E-state index contributed by atoms with van der Waals surface area (Å²) in [6.07, 6.45) is 8.02. The van der Waals surface area contributed by atoms with E-state index in [0.29, 0.717) is 19.0 Å². The fourth-order valence-electron chi connectivity index (χ4n) is 1.31. The van der Waals surface area contributed by atoms with Crippen molar-refractivity contribution < 1.29 is 4.74 Å². The first-order chi connectivity index (χ1) is 7.38. The summed E-state index contributed by atoms with van der Waals surface area (Å²) < 4.78 is 5.52. The van der Waals surface area contributed by atoms with Crippen molar-refractivity contribution in [1.29, 1.82) is 0 Å². The highest BCUT2D eigenvalue weighted by Gasteiger charge is 2.03. The van der Waals surface area contributed by atoms with Gasteiger partial charge < -0.3 is 10.5 Å². The summed E-state index contributed by atoms with van der Waals surface area (Å²) >= 11 is 0. The van der Waals surface area contributed by atoms with Crippen molar-refractivity contribution in [2.75, 3.05) is 6.61 Å². The van der Waals surface area contributed by atoms with Gasteiger partial charge in [-0.25, -0.2) is 4.98 Å². The van der Waals surface area contributed by atoms with Crippen molar-refractivity contribution in [3.63, 3.8) is 0 Å². The summed E-state index contributed by atoms with van der Waals surface area (Å²) in [6.45, 7) is 3.26. The fraction of sp³-hybridized carbons (Fsp3) is 0.636.